The first-order valence-electron chi connectivity index (χ1n) is 7.56. The van der Waals surface area contributed by atoms with E-state index in [1.54, 1.807) is 12.1 Å². The molecule has 3 rings (SSSR count). The smallest absolute Gasteiger partial charge is 0.349 e. The van der Waals surface area contributed by atoms with Crippen LogP contribution in [0.3, 0.4) is 0 Å². The third kappa shape index (κ3) is 4.20. The predicted octanol–water partition coefficient (Wildman–Crippen LogP) is 4.76. The third-order valence-electron chi connectivity index (χ3n) is 3.45. The van der Waals surface area contributed by atoms with Crippen molar-refractivity contribution in [1.29, 1.82) is 0 Å². The lowest BCUT2D eigenvalue weighted by atomic mass is 10.2. The number of halogens is 2. The van der Waals surface area contributed by atoms with Crippen molar-refractivity contribution in [1.82, 2.24) is 0 Å². The van der Waals surface area contributed by atoms with Crippen LogP contribution in [-0.2, 0) is 6.61 Å². The Morgan fingerprint density at radius 1 is 0.760 bits per heavy atom. The van der Waals surface area contributed by atoms with Crippen LogP contribution in [0.25, 0.3) is 0 Å². The van der Waals surface area contributed by atoms with Crippen molar-refractivity contribution < 1.29 is 23.0 Å². The normalized spacial score (nSPS) is 10.3. The van der Waals surface area contributed by atoms with Gasteiger partial charge in [-0.2, -0.15) is 0 Å². The van der Waals surface area contributed by atoms with Gasteiger partial charge in [0.25, 0.3) is 0 Å². The lowest BCUT2D eigenvalue weighted by Gasteiger charge is -2.08. The van der Waals surface area contributed by atoms with Crippen LogP contribution in [0.15, 0.2) is 72.8 Å². The quantitative estimate of drug-likeness (QED) is 0.496. The lowest BCUT2D eigenvalue weighted by molar-refractivity contribution is 0.0724. The van der Waals surface area contributed by atoms with Crippen LogP contribution in [0, 0.1) is 11.6 Å². The third-order valence-corrected chi connectivity index (χ3v) is 3.45. The molecule has 0 aromatic heterocycles. The minimum atomic E-state index is -1.09. The molecular weight excluding hydrogens is 326 g/mol. The second-order valence-electron chi connectivity index (χ2n) is 5.23. The molecule has 0 aliphatic rings. The Morgan fingerprint density at radius 3 is 2.00 bits per heavy atom. The molecule has 0 radical (unpaired) electrons. The molecular formula is C20H14F2O3. The van der Waals surface area contributed by atoms with Gasteiger partial charge in [0, 0.05) is 0 Å². The largest absolute Gasteiger partial charge is 0.489 e. The minimum Gasteiger partial charge on any atom is -0.489 e. The van der Waals surface area contributed by atoms with Gasteiger partial charge in [-0.1, -0.05) is 36.4 Å². The number of benzene rings is 3. The summed E-state index contributed by atoms with van der Waals surface area (Å²) >= 11 is 0. The van der Waals surface area contributed by atoms with E-state index in [-0.39, 0.29) is 5.75 Å². The van der Waals surface area contributed by atoms with Crippen LogP contribution >= 0.6 is 0 Å². The Kier molecular flexibility index (Phi) is 5.04. The molecule has 0 heterocycles. The zero-order valence-corrected chi connectivity index (χ0v) is 13.1. The fraction of sp³-hybridized carbons (Fsp3) is 0.0500. The highest BCUT2D eigenvalue weighted by Crippen LogP contribution is 2.21. The summed E-state index contributed by atoms with van der Waals surface area (Å²) in [6.45, 7) is 0.403. The molecule has 0 saturated carbocycles. The van der Waals surface area contributed by atoms with Crippen molar-refractivity contribution in [2.45, 2.75) is 6.61 Å². The van der Waals surface area contributed by atoms with Gasteiger partial charge in [0.05, 0.1) is 0 Å². The lowest BCUT2D eigenvalue weighted by Crippen LogP contribution is -2.13. The van der Waals surface area contributed by atoms with Gasteiger partial charge in [-0.15, -0.1) is 0 Å². The SMILES string of the molecule is O=C(Oc1ccc(OCc2ccccc2)cc1)c1c(F)cccc1F. The predicted molar refractivity (Wildman–Crippen MR) is 88.5 cm³/mol. The second-order valence-corrected chi connectivity index (χ2v) is 5.23. The van der Waals surface area contributed by atoms with Gasteiger partial charge in [0.15, 0.2) is 0 Å². The Hall–Kier alpha value is -3.21. The van der Waals surface area contributed by atoms with E-state index in [0.29, 0.717) is 12.4 Å². The standard InChI is InChI=1S/C20H14F2O3/c21-17-7-4-8-18(22)19(17)20(23)25-16-11-9-15(10-12-16)24-13-14-5-2-1-3-6-14/h1-12H,13H2. The Bertz CT molecular complexity index is 842. The maximum Gasteiger partial charge on any atom is 0.349 e. The molecule has 3 aromatic rings. The number of rotatable bonds is 5. The fourth-order valence-electron chi connectivity index (χ4n) is 2.20. The van der Waals surface area contributed by atoms with E-state index in [9.17, 15) is 13.6 Å². The molecule has 0 spiro atoms. The van der Waals surface area contributed by atoms with Crippen LogP contribution in [-0.4, -0.2) is 5.97 Å². The molecule has 3 nitrogen and oxygen atoms in total. The molecule has 0 amide bonds. The van der Waals surface area contributed by atoms with E-state index in [4.69, 9.17) is 9.47 Å². The Morgan fingerprint density at radius 2 is 1.36 bits per heavy atom. The molecule has 3 aromatic carbocycles. The summed E-state index contributed by atoms with van der Waals surface area (Å²) in [4.78, 5) is 11.9. The molecule has 0 aliphatic carbocycles. The van der Waals surface area contributed by atoms with Crippen molar-refractivity contribution in [2.24, 2.45) is 0 Å². The molecule has 5 heteroatoms. The molecule has 126 valence electrons. The topological polar surface area (TPSA) is 35.5 Å². The minimum absolute atomic E-state index is 0.166. The van der Waals surface area contributed by atoms with Gasteiger partial charge in [0.2, 0.25) is 0 Å². The molecule has 0 N–H and O–H groups in total. The van der Waals surface area contributed by atoms with Gasteiger partial charge in [-0.25, -0.2) is 13.6 Å². The zero-order chi connectivity index (χ0) is 17.6. The van der Waals surface area contributed by atoms with Crippen molar-refractivity contribution in [2.75, 3.05) is 0 Å². The first-order chi connectivity index (χ1) is 12.1. The van der Waals surface area contributed by atoms with E-state index in [0.717, 1.165) is 17.7 Å². The number of ether oxygens (including phenoxy) is 2. The van der Waals surface area contributed by atoms with Gasteiger partial charge >= 0.3 is 5.97 Å². The van der Waals surface area contributed by atoms with Crippen molar-refractivity contribution >= 4 is 5.97 Å². The molecule has 0 unspecified atom stereocenters. The highest BCUT2D eigenvalue weighted by molar-refractivity contribution is 5.91. The van der Waals surface area contributed by atoms with Crippen LogP contribution in [0.4, 0.5) is 8.78 Å². The monoisotopic (exact) mass is 340 g/mol. The van der Waals surface area contributed by atoms with Crippen LogP contribution < -0.4 is 9.47 Å². The molecule has 0 bridgehead atoms. The Labute approximate surface area is 143 Å². The Balaban J connectivity index is 1.63. The summed E-state index contributed by atoms with van der Waals surface area (Å²) in [7, 11) is 0. The summed E-state index contributed by atoms with van der Waals surface area (Å²) < 4.78 is 37.8. The summed E-state index contributed by atoms with van der Waals surface area (Å²) in [5, 5.41) is 0. The van der Waals surface area contributed by atoms with Gasteiger partial charge in [-0.05, 0) is 42.0 Å². The molecule has 0 saturated heterocycles. The van der Waals surface area contributed by atoms with Crippen LogP contribution in [0.2, 0.25) is 0 Å². The zero-order valence-electron chi connectivity index (χ0n) is 13.1. The van der Waals surface area contributed by atoms with E-state index in [2.05, 4.69) is 0 Å². The number of carbonyl (C=O) groups is 1. The maximum atomic E-state index is 13.6. The summed E-state index contributed by atoms with van der Waals surface area (Å²) in [5.74, 6) is -2.27. The van der Waals surface area contributed by atoms with E-state index >= 15 is 0 Å². The average Bonchev–Trinajstić information content (AvgIpc) is 2.62. The van der Waals surface area contributed by atoms with Gasteiger partial charge in [-0.3, -0.25) is 0 Å². The van der Waals surface area contributed by atoms with Crippen LogP contribution in [0.1, 0.15) is 15.9 Å². The molecule has 0 fully saturated rings. The summed E-state index contributed by atoms with van der Waals surface area (Å²) in [5.41, 5.74) is 0.305. The van der Waals surface area contributed by atoms with Crippen LogP contribution in [0.5, 0.6) is 11.5 Å². The maximum absolute atomic E-state index is 13.6. The molecule has 25 heavy (non-hydrogen) atoms. The fourth-order valence-corrected chi connectivity index (χ4v) is 2.20. The highest BCUT2D eigenvalue weighted by atomic mass is 19.1. The summed E-state index contributed by atoms with van der Waals surface area (Å²) in [6, 6.07) is 19.1. The van der Waals surface area contributed by atoms with E-state index in [1.165, 1.54) is 18.2 Å². The number of hydrogen-bond donors (Lipinski definition) is 0. The molecule has 0 atom stereocenters. The van der Waals surface area contributed by atoms with Crippen molar-refractivity contribution in [3.63, 3.8) is 0 Å². The molecule has 0 aliphatic heterocycles. The van der Waals surface area contributed by atoms with E-state index in [1.807, 2.05) is 30.3 Å². The van der Waals surface area contributed by atoms with E-state index < -0.39 is 23.2 Å². The second kappa shape index (κ2) is 7.57. The number of hydrogen-bond acceptors (Lipinski definition) is 3. The number of carbonyl (C=O) groups excluding carboxylic acids is 1. The first kappa shape index (κ1) is 16.6. The summed E-state index contributed by atoms with van der Waals surface area (Å²) in [6.07, 6.45) is 0. The van der Waals surface area contributed by atoms with Crippen molar-refractivity contribution in [3.05, 3.63) is 95.6 Å². The van der Waals surface area contributed by atoms with Crippen molar-refractivity contribution in [3.8, 4) is 11.5 Å². The highest BCUT2D eigenvalue weighted by Gasteiger charge is 2.19. The van der Waals surface area contributed by atoms with Gasteiger partial charge in [0.1, 0.15) is 35.3 Å². The first-order valence-corrected chi connectivity index (χ1v) is 7.56. The average molecular weight is 340 g/mol. The number of esters is 1. The van der Waals surface area contributed by atoms with Gasteiger partial charge < -0.3 is 9.47 Å².